The van der Waals surface area contributed by atoms with Gasteiger partial charge in [-0.2, -0.15) is 0 Å². The van der Waals surface area contributed by atoms with Gasteiger partial charge in [0, 0.05) is 55.7 Å². The van der Waals surface area contributed by atoms with Gasteiger partial charge in [-0.15, -0.1) is 0 Å². The standard InChI is InChI=1S/C25H23NOSi.C22H14BrNO.C4H8O.CH4/c1-16-13-19-17-9-6-8-12-23(17)27-25(19)20(14-16)22-15-24(28(2,3)4)18-10-5-7-11-21(18)26-22;1-13-10-16-14-6-3-5-9-21(14)25-22(16)17(11-13)20-12-18(23)15-7-2-4-8-19(15)24-20;1-2-4-5-3-1;/h5-15H,1-4H3;2-12H,1H3;1-4H2;1H4. The van der Waals surface area contributed by atoms with E-state index in [1.54, 1.807) is 0 Å². The number of pyridine rings is 2. The molecule has 1 saturated heterocycles. The fourth-order valence-corrected chi connectivity index (χ4v) is 10.2. The van der Waals surface area contributed by atoms with E-state index in [9.17, 15) is 0 Å². The summed E-state index contributed by atoms with van der Waals surface area (Å²) in [6, 6.07) is 46.2. The number of nitrogens with zero attached hydrogens (tertiary/aromatic N) is 2. The van der Waals surface area contributed by atoms with Crippen molar-refractivity contribution in [2.75, 3.05) is 13.2 Å². The van der Waals surface area contributed by atoms with E-state index in [0.29, 0.717) is 0 Å². The number of benzene rings is 6. The molecule has 0 unspecified atom stereocenters. The number of furan rings is 2. The normalized spacial score (nSPS) is 12.8. The van der Waals surface area contributed by atoms with Crippen molar-refractivity contribution < 1.29 is 13.6 Å². The van der Waals surface area contributed by atoms with Gasteiger partial charge in [0.1, 0.15) is 22.3 Å². The molecule has 0 aliphatic carbocycles. The average Bonchev–Trinajstić information content (AvgIpc) is 4.01. The van der Waals surface area contributed by atoms with E-state index in [0.717, 1.165) is 100 Å². The zero-order chi connectivity index (χ0) is 40.0. The Morgan fingerprint density at radius 3 is 1.44 bits per heavy atom. The van der Waals surface area contributed by atoms with Crippen LogP contribution in [0, 0.1) is 13.8 Å². The van der Waals surface area contributed by atoms with E-state index in [1.165, 1.54) is 34.5 Å². The van der Waals surface area contributed by atoms with Crippen molar-refractivity contribution in [3.05, 3.63) is 149 Å². The minimum Gasteiger partial charge on any atom is -0.455 e. The zero-order valence-corrected chi connectivity index (χ0v) is 36.1. The number of aryl methyl sites for hydroxylation is 2. The Hall–Kier alpha value is -5.60. The van der Waals surface area contributed by atoms with Crippen LogP contribution in [0.25, 0.3) is 88.2 Å². The van der Waals surface area contributed by atoms with Gasteiger partial charge in [-0.1, -0.05) is 116 Å². The molecule has 59 heavy (non-hydrogen) atoms. The summed E-state index contributed by atoms with van der Waals surface area (Å²) in [4.78, 5) is 9.92. The molecule has 0 amide bonds. The van der Waals surface area contributed by atoms with Crippen LogP contribution in [-0.4, -0.2) is 31.3 Å². The van der Waals surface area contributed by atoms with Crippen LogP contribution in [0.1, 0.15) is 31.4 Å². The molecule has 0 bridgehead atoms. The summed E-state index contributed by atoms with van der Waals surface area (Å²) < 4.78 is 18.5. The molecule has 0 spiro atoms. The van der Waals surface area contributed by atoms with Crippen LogP contribution >= 0.6 is 15.9 Å². The van der Waals surface area contributed by atoms with Gasteiger partial charge >= 0.3 is 0 Å². The average molecular weight is 858 g/mol. The highest BCUT2D eigenvalue weighted by atomic mass is 79.9. The van der Waals surface area contributed by atoms with Gasteiger partial charge in [0.15, 0.2) is 0 Å². The van der Waals surface area contributed by atoms with Crippen molar-refractivity contribution in [3.8, 4) is 22.5 Å². The molecule has 4 aromatic heterocycles. The molecule has 0 atom stereocenters. The van der Waals surface area contributed by atoms with Gasteiger partial charge < -0.3 is 13.6 Å². The second kappa shape index (κ2) is 16.6. The number of hydrogen-bond acceptors (Lipinski definition) is 5. The molecule has 6 aromatic carbocycles. The Kier molecular flexibility index (Phi) is 11.3. The largest absolute Gasteiger partial charge is 0.455 e. The Balaban J connectivity index is 0.000000145. The van der Waals surface area contributed by atoms with E-state index in [4.69, 9.17) is 23.5 Å². The van der Waals surface area contributed by atoms with Crippen molar-refractivity contribution in [3.63, 3.8) is 0 Å². The van der Waals surface area contributed by atoms with E-state index >= 15 is 0 Å². The van der Waals surface area contributed by atoms with Gasteiger partial charge in [0.25, 0.3) is 0 Å². The fourth-order valence-electron chi connectivity index (χ4n) is 8.04. The molecular weight excluding hydrogens is 809 g/mol. The first kappa shape index (κ1) is 40.2. The molecule has 0 radical (unpaired) electrons. The molecule has 10 aromatic rings. The first-order valence-corrected chi connectivity index (χ1v) is 24.3. The third-order valence-electron chi connectivity index (χ3n) is 10.8. The minimum atomic E-state index is -1.55. The molecule has 0 saturated carbocycles. The van der Waals surface area contributed by atoms with Gasteiger partial charge in [-0.05, 0) is 109 Å². The summed E-state index contributed by atoms with van der Waals surface area (Å²) in [5.74, 6) is 0. The van der Waals surface area contributed by atoms with Crippen molar-refractivity contribution in [1.82, 2.24) is 9.97 Å². The lowest BCUT2D eigenvalue weighted by Gasteiger charge is -2.20. The maximum Gasteiger partial charge on any atom is 0.144 e. The van der Waals surface area contributed by atoms with Crippen LogP contribution in [0.15, 0.2) is 147 Å². The molecule has 296 valence electrons. The molecule has 1 aliphatic rings. The highest BCUT2D eigenvalue weighted by Gasteiger charge is 2.23. The summed E-state index contributed by atoms with van der Waals surface area (Å²) in [6.07, 6.45) is 2.56. The van der Waals surface area contributed by atoms with Crippen LogP contribution < -0.4 is 5.19 Å². The quantitative estimate of drug-likeness (QED) is 0.166. The highest BCUT2D eigenvalue weighted by Crippen LogP contribution is 2.39. The number of halogens is 1. The SMILES string of the molecule is C.C1CCOC1.Cc1cc(-c2cc(Br)c3ccccc3n2)c2oc3ccccc3c2c1.Cc1cc(-c2cc([Si](C)(C)C)c3ccccc3n2)c2oc3ccccc3c2c1. The van der Waals surface area contributed by atoms with Crippen molar-refractivity contribution in [2.45, 2.75) is 53.8 Å². The molecule has 0 N–H and O–H groups in total. The number of ether oxygens (including phenoxy) is 1. The van der Waals surface area contributed by atoms with Crippen molar-refractivity contribution in [1.29, 1.82) is 0 Å². The first-order valence-electron chi connectivity index (χ1n) is 20.0. The van der Waals surface area contributed by atoms with Gasteiger partial charge in [-0.3, -0.25) is 0 Å². The predicted molar refractivity (Wildman–Crippen MR) is 256 cm³/mol. The van der Waals surface area contributed by atoms with Crippen LogP contribution in [0.5, 0.6) is 0 Å². The third-order valence-corrected chi connectivity index (χ3v) is 13.5. The first-order chi connectivity index (χ1) is 28.1. The summed E-state index contributed by atoms with van der Waals surface area (Å²) in [7, 11) is -1.55. The Bertz CT molecular complexity index is 3130. The lowest BCUT2D eigenvalue weighted by molar-refractivity contribution is 0.198. The smallest absolute Gasteiger partial charge is 0.144 e. The molecule has 5 heterocycles. The molecule has 5 nitrogen and oxygen atoms in total. The molecular formula is C52H49BrN2O3Si. The van der Waals surface area contributed by atoms with Crippen LogP contribution in [0.2, 0.25) is 19.6 Å². The van der Waals surface area contributed by atoms with Crippen LogP contribution in [-0.2, 0) is 4.74 Å². The fraction of sp³-hybridized carbons (Fsp3) is 0.192. The Morgan fingerprint density at radius 2 is 0.949 bits per heavy atom. The predicted octanol–water partition coefficient (Wildman–Crippen LogP) is 15.0. The lowest BCUT2D eigenvalue weighted by Crippen LogP contribution is -2.38. The number of para-hydroxylation sites is 4. The number of fused-ring (bicyclic) bond motifs is 8. The zero-order valence-electron chi connectivity index (χ0n) is 33.5. The summed E-state index contributed by atoms with van der Waals surface area (Å²) in [5.41, 5.74) is 12.1. The summed E-state index contributed by atoms with van der Waals surface area (Å²) in [5, 5.41) is 8.43. The van der Waals surface area contributed by atoms with Crippen LogP contribution in [0.3, 0.4) is 0 Å². The minimum absolute atomic E-state index is 0. The van der Waals surface area contributed by atoms with Gasteiger partial charge in [-0.25, -0.2) is 9.97 Å². The van der Waals surface area contributed by atoms with E-state index < -0.39 is 8.07 Å². The molecule has 1 fully saturated rings. The topological polar surface area (TPSA) is 61.3 Å². The molecule has 1 aliphatic heterocycles. The third kappa shape index (κ3) is 7.95. The summed E-state index contributed by atoms with van der Waals surface area (Å²) >= 11 is 3.69. The maximum absolute atomic E-state index is 6.30. The Labute approximate surface area is 355 Å². The van der Waals surface area contributed by atoms with Gasteiger partial charge in [0.05, 0.1) is 30.5 Å². The number of hydrogen-bond donors (Lipinski definition) is 0. The van der Waals surface area contributed by atoms with E-state index in [1.807, 2.05) is 48.5 Å². The number of aromatic nitrogens is 2. The van der Waals surface area contributed by atoms with Crippen molar-refractivity contribution >= 4 is 94.9 Å². The second-order valence-corrected chi connectivity index (χ2v) is 22.1. The van der Waals surface area contributed by atoms with Crippen LogP contribution in [0.4, 0.5) is 0 Å². The summed E-state index contributed by atoms with van der Waals surface area (Å²) in [6.45, 7) is 13.4. The van der Waals surface area contributed by atoms with Gasteiger partial charge in [0.2, 0.25) is 0 Å². The molecule has 11 rings (SSSR count). The lowest BCUT2D eigenvalue weighted by atomic mass is 10.0. The second-order valence-electron chi connectivity index (χ2n) is 16.2. The number of rotatable bonds is 3. The monoisotopic (exact) mass is 856 g/mol. The van der Waals surface area contributed by atoms with E-state index in [2.05, 4.69) is 134 Å². The van der Waals surface area contributed by atoms with E-state index in [-0.39, 0.29) is 7.43 Å². The maximum atomic E-state index is 6.30. The highest BCUT2D eigenvalue weighted by molar-refractivity contribution is 9.10. The molecule has 7 heteroatoms. The van der Waals surface area contributed by atoms with Crippen molar-refractivity contribution in [2.24, 2.45) is 0 Å². The Morgan fingerprint density at radius 1 is 0.508 bits per heavy atom.